The maximum absolute atomic E-state index is 13.8. The first-order valence-electron chi connectivity index (χ1n) is 13.3. The van der Waals surface area contributed by atoms with E-state index in [-0.39, 0.29) is 24.4 Å². The number of amides is 2. The number of carbonyl (C=O) groups is 2. The second kappa shape index (κ2) is 10.6. The third-order valence-corrected chi connectivity index (χ3v) is 7.38. The van der Waals surface area contributed by atoms with Gasteiger partial charge in [0.1, 0.15) is 6.54 Å². The van der Waals surface area contributed by atoms with E-state index in [0.717, 1.165) is 35.0 Å². The van der Waals surface area contributed by atoms with E-state index in [1.165, 1.54) is 5.56 Å². The van der Waals surface area contributed by atoms with Gasteiger partial charge in [0.2, 0.25) is 5.91 Å². The molecule has 1 aliphatic heterocycles. The van der Waals surface area contributed by atoms with Gasteiger partial charge in [-0.15, -0.1) is 0 Å². The molecule has 0 radical (unpaired) electrons. The maximum Gasteiger partial charge on any atom is 0.254 e. The van der Waals surface area contributed by atoms with Gasteiger partial charge in [-0.25, -0.2) is 0 Å². The quantitative estimate of drug-likeness (QED) is 0.306. The van der Waals surface area contributed by atoms with Crippen LogP contribution in [-0.2, 0) is 11.3 Å². The van der Waals surface area contributed by atoms with Crippen LogP contribution in [-0.4, -0.2) is 45.8 Å². The lowest BCUT2D eigenvalue weighted by Gasteiger charge is -2.38. The van der Waals surface area contributed by atoms with Gasteiger partial charge in [0.15, 0.2) is 0 Å². The number of rotatable bonds is 7. The minimum atomic E-state index is -0.170. The molecule has 4 aromatic rings. The van der Waals surface area contributed by atoms with Crippen molar-refractivity contribution in [2.75, 3.05) is 19.6 Å². The molecule has 1 atom stereocenters. The fourth-order valence-electron chi connectivity index (χ4n) is 5.35. The molecule has 0 saturated carbocycles. The van der Waals surface area contributed by atoms with Crippen LogP contribution in [0, 0.1) is 0 Å². The summed E-state index contributed by atoms with van der Waals surface area (Å²) in [5.41, 5.74) is 4.11. The molecule has 190 valence electrons. The Morgan fingerprint density at radius 1 is 0.919 bits per heavy atom. The SMILES string of the molecule is CCCN(CC(=O)N1CCn2cccc2[C@H]1c1ccc(C(C)C)cc1)C(=O)c1ccc2ccccc2c1. The van der Waals surface area contributed by atoms with Gasteiger partial charge in [0.25, 0.3) is 5.91 Å². The lowest BCUT2D eigenvalue weighted by atomic mass is 9.95. The first kappa shape index (κ1) is 24.8. The number of hydrogen-bond acceptors (Lipinski definition) is 2. The lowest BCUT2D eigenvalue weighted by Crippen LogP contribution is -2.48. The molecule has 0 saturated heterocycles. The average molecular weight is 494 g/mol. The molecule has 5 rings (SSSR count). The van der Waals surface area contributed by atoms with Gasteiger partial charge in [0.05, 0.1) is 6.04 Å². The predicted octanol–water partition coefficient (Wildman–Crippen LogP) is 6.25. The van der Waals surface area contributed by atoms with Crippen LogP contribution in [0.5, 0.6) is 0 Å². The summed E-state index contributed by atoms with van der Waals surface area (Å²) in [6.07, 6.45) is 2.87. The zero-order valence-corrected chi connectivity index (χ0v) is 21.9. The van der Waals surface area contributed by atoms with Crippen molar-refractivity contribution in [2.24, 2.45) is 0 Å². The molecule has 1 aliphatic rings. The van der Waals surface area contributed by atoms with Gasteiger partial charge in [-0.2, -0.15) is 0 Å². The number of nitrogens with zero attached hydrogens (tertiary/aromatic N) is 3. The van der Waals surface area contributed by atoms with E-state index in [0.29, 0.717) is 24.6 Å². The third-order valence-electron chi connectivity index (χ3n) is 7.38. The highest BCUT2D eigenvalue weighted by molar-refractivity contribution is 6.00. The molecule has 3 aromatic carbocycles. The highest BCUT2D eigenvalue weighted by Crippen LogP contribution is 2.33. The standard InChI is InChI=1S/C32H35N3O2/c1-4-17-34(32(37)28-16-13-25-8-5-6-9-27(25)21-28)22-30(36)35-20-19-33-18-7-10-29(33)31(35)26-14-11-24(12-15-26)23(2)3/h5-16,18,21,23,31H,4,17,19-20,22H2,1-3H3/t31-/m1/s1. The number of hydrogen-bond donors (Lipinski definition) is 0. The zero-order chi connectivity index (χ0) is 25.9. The Hall–Kier alpha value is -3.86. The minimum absolute atomic E-state index is 0.0204. The van der Waals surface area contributed by atoms with Crippen LogP contribution in [0.3, 0.4) is 0 Å². The van der Waals surface area contributed by atoms with Crippen molar-refractivity contribution in [1.29, 1.82) is 0 Å². The van der Waals surface area contributed by atoms with Crippen molar-refractivity contribution >= 4 is 22.6 Å². The summed E-state index contributed by atoms with van der Waals surface area (Å²) in [6, 6.07) is 26.4. The highest BCUT2D eigenvalue weighted by Gasteiger charge is 2.33. The molecule has 5 heteroatoms. The molecule has 0 unspecified atom stereocenters. The van der Waals surface area contributed by atoms with Gasteiger partial charge >= 0.3 is 0 Å². The minimum Gasteiger partial charge on any atom is -0.348 e. The van der Waals surface area contributed by atoms with E-state index in [4.69, 9.17) is 0 Å². The summed E-state index contributed by atoms with van der Waals surface area (Å²) < 4.78 is 2.23. The molecule has 0 spiro atoms. The van der Waals surface area contributed by atoms with Gasteiger partial charge in [-0.3, -0.25) is 9.59 Å². The van der Waals surface area contributed by atoms with Crippen molar-refractivity contribution < 1.29 is 9.59 Å². The van der Waals surface area contributed by atoms with E-state index in [9.17, 15) is 9.59 Å². The Morgan fingerprint density at radius 2 is 1.68 bits per heavy atom. The number of fused-ring (bicyclic) bond motifs is 2. The van der Waals surface area contributed by atoms with Gasteiger partial charge in [-0.05, 0) is 58.5 Å². The van der Waals surface area contributed by atoms with Crippen LogP contribution in [0.25, 0.3) is 10.8 Å². The summed E-state index contributed by atoms with van der Waals surface area (Å²) in [6.45, 7) is 8.38. The van der Waals surface area contributed by atoms with Crippen molar-refractivity contribution in [1.82, 2.24) is 14.4 Å². The van der Waals surface area contributed by atoms with Crippen LogP contribution < -0.4 is 0 Å². The number of benzene rings is 3. The number of aromatic nitrogens is 1. The number of carbonyl (C=O) groups excluding carboxylic acids is 2. The molecule has 0 N–H and O–H groups in total. The lowest BCUT2D eigenvalue weighted by molar-refractivity contribution is -0.134. The van der Waals surface area contributed by atoms with Crippen LogP contribution in [0.2, 0.25) is 0 Å². The predicted molar refractivity (Wildman–Crippen MR) is 149 cm³/mol. The molecule has 0 aliphatic carbocycles. The molecule has 5 nitrogen and oxygen atoms in total. The average Bonchev–Trinajstić information content (AvgIpc) is 3.40. The first-order valence-corrected chi connectivity index (χ1v) is 13.3. The Kier molecular flexibility index (Phi) is 7.13. The monoisotopic (exact) mass is 493 g/mol. The summed E-state index contributed by atoms with van der Waals surface area (Å²) >= 11 is 0. The van der Waals surface area contributed by atoms with Crippen LogP contribution in [0.1, 0.15) is 66.3 Å². The second-order valence-electron chi connectivity index (χ2n) is 10.2. The largest absolute Gasteiger partial charge is 0.348 e. The smallest absolute Gasteiger partial charge is 0.254 e. The van der Waals surface area contributed by atoms with Crippen molar-refractivity contribution in [3.05, 3.63) is 107 Å². The summed E-state index contributed by atoms with van der Waals surface area (Å²) in [5.74, 6) is 0.331. The zero-order valence-electron chi connectivity index (χ0n) is 21.9. The fourth-order valence-corrected chi connectivity index (χ4v) is 5.35. The van der Waals surface area contributed by atoms with Crippen LogP contribution in [0.15, 0.2) is 85.1 Å². The fraction of sp³-hybridized carbons (Fsp3) is 0.312. The molecular formula is C32H35N3O2. The maximum atomic E-state index is 13.8. The normalized spacial score (nSPS) is 15.1. The van der Waals surface area contributed by atoms with Gasteiger partial charge in [-0.1, -0.05) is 75.4 Å². The molecule has 0 fully saturated rings. The van der Waals surface area contributed by atoms with E-state index in [1.807, 2.05) is 60.4 Å². The molecule has 2 amide bonds. The van der Waals surface area contributed by atoms with Gasteiger partial charge < -0.3 is 14.4 Å². The topological polar surface area (TPSA) is 45.6 Å². The summed E-state index contributed by atoms with van der Waals surface area (Å²) in [4.78, 5) is 31.1. The molecular weight excluding hydrogens is 458 g/mol. The Balaban J connectivity index is 1.41. The molecule has 0 bridgehead atoms. The van der Waals surface area contributed by atoms with Crippen molar-refractivity contribution in [3.8, 4) is 0 Å². The van der Waals surface area contributed by atoms with E-state index >= 15 is 0 Å². The second-order valence-corrected chi connectivity index (χ2v) is 10.2. The first-order chi connectivity index (χ1) is 18.0. The molecule has 37 heavy (non-hydrogen) atoms. The van der Waals surface area contributed by atoms with Crippen molar-refractivity contribution in [3.63, 3.8) is 0 Å². The van der Waals surface area contributed by atoms with E-state index in [1.54, 1.807) is 4.90 Å². The Labute approximate surface area is 219 Å². The summed E-state index contributed by atoms with van der Waals surface area (Å²) in [5, 5.41) is 2.12. The van der Waals surface area contributed by atoms with E-state index in [2.05, 4.69) is 54.9 Å². The Morgan fingerprint density at radius 3 is 2.41 bits per heavy atom. The highest BCUT2D eigenvalue weighted by atomic mass is 16.2. The van der Waals surface area contributed by atoms with Gasteiger partial charge in [0, 0.05) is 37.1 Å². The third kappa shape index (κ3) is 5.04. The Bertz CT molecular complexity index is 1400. The molecule has 2 heterocycles. The van der Waals surface area contributed by atoms with Crippen molar-refractivity contribution in [2.45, 2.75) is 45.7 Å². The summed E-state index contributed by atoms with van der Waals surface area (Å²) in [7, 11) is 0. The van der Waals surface area contributed by atoms with Crippen LogP contribution in [0.4, 0.5) is 0 Å². The van der Waals surface area contributed by atoms with E-state index < -0.39 is 0 Å². The molecule has 1 aromatic heterocycles. The van der Waals surface area contributed by atoms with Crippen LogP contribution >= 0.6 is 0 Å².